The minimum atomic E-state index is 0.499. The maximum absolute atomic E-state index is 6.08. The highest BCUT2D eigenvalue weighted by atomic mass is 127. The van der Waals surface area contributed by atoms with Gasteiger partial charge in [-0.05, 0) is 58.5 Å². The fourth-order valence-corrected chi connectivity index (χ4v) is 3.54. The molecule has 0 aliphatic rings. The van der Waals surface area contributed by atoms with Gasteiger partial charge in [0.25, 0.3) is 0 Å². The first-order valence-electron chi connectivity index (χ1n) is 6.11. The number of aromatic amines is 1. The zero-order chi connectivity index (χ0) is 15.0. The molecule has 1 heterocycles. The molecule has 21 heavy (non-hydrogen) atoms. The molecule has 0 aliphatic carbocycles. The average Bonchev–Trinajstić information content (AvgIpc) is 2.83. The highest BCUT2D eigenvalue weighted by Crippen LogP contribution is 2.38. The van der Waals surface area contributed by atoms with Crippen LogP contribution in [0.1, 0.15) is 0 Å². The number of benzene rings is 2. The van der Waals surface area contributed by atoms with E-state index in [1.165, 1.54) is 0 Å². The first kappa shape index (κ1) is 15.1. The lowest BCUT2D eigenvalue weighted by atomic mass is 10.0. The quantitative estimate of drug-likeness (QED) is 0.443. The van der Waals surface area contributed by atoms with Gasteiger partial charge in [0.15, 0.2) is 5.82 Å². The summed E-state index contributed by atoms with van der Waals surface area (Å²) in [5, 5.41) is 7.25. The van der Waals surface area contributed by atoms with Crippen molar-refractivity contribution in [3.63, 3.8) is 0 Å². The molecule has 0 fully saturated rings. The van der Waals surface area contributed by atoms with Crippen molar-refractivity contribution in [1.82, 2.24) is 10.2 Å². The van der Waals surface area contributed by atoms with Gasteiger partial charge in [0.05, 0.1) is 11.3 Å². The van der Waals surface area contributed by atoms with Crippen LogP contribution in [0.2, 0.25) is 0 Å². The number of anilines is 1. The molecule has 106 valence electrons. The molecule has 0 saturated heterocycles. The van der Waals surface area contributed by atoms with Gasteiger partial charge in [-0.1, -0.05) is 44.0 Å². The van der Waals surface area contributed by atoms with Crippen LogP contribution in [-0.4, -0.2) is 10.2 Å². The van der Waals surface area contributed by atoms with Crippen molar-refractivity contribution in [2.45, 2.75) is 0 Å². The van der Waals surface area contributed by atoms with E-state index in [9.17, 15) is 0 Å². The Kier molecular flexibility index (Phi) is 4.37. The van der Waals surface area contributed by atoms with E-state index >= 15 is 0 Å². The van der Waals surface area contributed by atoms with Crippen molar-refractivity contribution in [1.29, 1.82) is 0 Å². The normalized spacial score (nSPS) is 10.8. The van der Waals surface area contributed by atoms with Crippen LogP contribution in [0, 0.1) is 3.57 Å². The maximum Gasteiger partial charge on any atom is 0.153 e. The Hall–Kier alpha value is -0.860. The molecule has 0 radical (unpaired) electrons. The third kappa shape index (κ3) is 3.02. The van der Waals surface area contributed by atoms with Crippen LogP contribution < -0.4 is 5.73 Å². The number of nitrogens with two attached hydrogens (primary N) is 1. The first-order valence-corrected chi connectivity index (χ1v) is 8.78. The zero-order valence-corrected chi connectivity index (χ0v) is 16.0. The van der Waals surface area contributed by atoms with Gasteiger partial charge < -0.3 is 5.73 Å². The van der Waals surface area contributed by atoms with Crippen LogP contribution in [0.5, 0.6) is 0 Å². The number of hydrogen-bond donors (Lipinski definition) is 2. The van der Waals surface area contributed by atoms with Crippen molar-refractivity contribution in [3.8, 4) is 22.4 Å². The topological polar surface area (TPSA) is 54.7 Å². The molecular formula is C15H10Br2IN3. The predicted octanol–water partition coefficient (Wildman–Crippen LogP) is 5.46. The summed E-state index contributed by atoms with van der Waals surface area (Å²) in [4.78, 5) is 0. The number of H-pyrrole nitrogens is 1. The average molecular weight is 519 g/mol. The summed E-state index contributed by atoms with van der Waals surface area (Å²) < 4.78 is 3.16. The largest absolute Gasteiger partial charge is 0.382 e. The molecule has 3 rings (SSSR count). The second kappa shape index (κ2) is 6.10. The van der Waals surface area contributed by atoms with Gasteiger partial charge in [0, 0.05) is 18.1 Å². The second-order valence-corrected chi connectivity index (χ2v) is 7.49. The molecule has 3 N–H and O–H groups in total. The lowest BCUT2D eigenvalue weighted by molar-refractivity contribution is 1.10. The van der Waals surface area contributed by atoms with Crippen LogP contribution in [0.15, 0.2) is 51.4 Å². The van der Waals surface area contributed by atoms with Gasteiger partial charge in [-0.2, -0.15) is 5.10 Å². The Balaban J connectivity index is 2.24. The van der Waals surface area contributed by atoms with E-state index in [1.54, 1.807) is 0 Å². The van der Waals surface area contributed by atoms with Gasteiger partial charge >= 0.3 is 0 Å². The number of halogens is 3. The molecule has 0 saturated carbocycles. The Labute approximate surface area is 152 Å². The SMILES string of the molecule is Nc1n[nH]c(-c2cc(Br)ccc2I)c1-c1cccc(Br)c1. The van der Waals surface area contributed by atoms with Gasteiger partial charge in [-0.3, -0.25) is 5.10 Å². The Morgan fingerprint density at radius 1 is 1.05 bits per heavy atom. The van der Waals surface area contributed by atoms with Crippen molar-refractivity contribution >= 4 is 60.3 Å². The smallest absolute Gasteiger partial charge is 0.153 e. The van der Waals surface area contributed by atoms with Crippen LogP contribution >= 0.6 is 54.5 Å². The summed E-state index contributed by atoms with van der Waals surface area (Å²) in [6, 6.07) is 14.2. The molecule has 2 aromatic carbocycles. The van der Waals surface area contributed by atoms with Crippen LogP contribution in [0.25, 0.3) is 22.4 Å². The van der Waals surface area contributed by atoms with Crippen molar-refractivity contribution in [2.24, 2.45) is 0 Å². The molecular weight excluding hydrogens is 509 g/mol. The summed E-state index contributed by atoms with van der Waals surface area (Å²) in [6.07, 6.45) is 0. The maximum atomic E-state index is 6.08. The molecule has 3 aromatic rings. The van der Waals surface area contributed by atoms with E-state index in [0.717, 1.165) is 34.9 Å². The summed E-state index contributed by atoms with van der Waals surface area (Å²) in [5.41, 5.74) is 10.0. The molecule has 0 aliphatic heterocycles. The molecule has 0 atom stereocenters. The minimum absolute atomic E-state index is 0.499. The van der Waals surface area contributed by atoms with E-state index in [0.29, 0.717) is 5.82 Å². The molecule has 1 aromatic heterocycles. The van der Waals surface area contributed by atoms with Crippen molar-refractivity contribution in [3.05, 3.63) is 55.0 Å². The van der Waals surface area contributed by atoms with Crippen molar-refractivity contribution in [2.75, 3.05) is 5.73 Å². The third-order valence-electron chi connectivity index (χ3n) is 3.11. The predicted molar refractivity (Wildman–Crippen MR) is 102 cm³/mol. The Bertz CT molecular complexity index is 814. The standard InChI is InChI=1S/C15H10Br2IN3/c16-9-3-1-2-8(6-9)13-14(20-21-15(13)19)11-7-10(17)4-5-12(11)18/h1-7H,(H3,19,20,21). The van der Waals surface area contributed by atoms with Gasteiger partial charge in [-0.25, -0.2) is 0 Å². The van der Waals surface area contributed by atoms with Crippen LogP contribution in [-0.2, 0) is 0 Å². The number of nitrogen functional groups attached to an aromatic ring is 1. The highest BCUT2D eigenvalue weighted by molar-refractivity contribution is 14.1. The monoisotopic (exact) mass is 517 g/mol. The van der Waals surface area contributed by atoms with Gasteiger partial charge in [0.2, 0.25) is 0 Å². The molecule has 6 heteroatoms. The lowest BCUT2D eigenvalue weighted by Crippen LogP contribution is -1.90. The molecule has 0 amide bonds. The third-order valence-corrected chi connectivity index (χ3v) is 5.03. The fourth-order valence-electron chi connectivity index (χ4n) is 2.18. The van der Waals surface area contributed by atoms with Gasteiger partial charge in [0.1, 0.15) is 0 Å². The van der Waals surface area contributed by atoms with Crippen molar-refractivity contribution < 1.29 is 0 Å². The van der Waals surface area contributed by atoms with E-state index < -0.39 is 0 Å². The highest BCUT2D eigenvalue weighted by Gasteiger charge is 2.17. The van der Waals surface area contributed by atoms with Gasteiger partial charge in [-0.15, -0.1) is 0 Å². The van der Waals surface area contributed by atoms with Crippen LogP contribution in [0.4, 0.5) is 5.82 Å². The first-order chi connectivity index (χ1) is 10.1. The van der Waals surface area contributed by atoms with E-state index in [2.05, 4.69) is 76.8 Å². The molecule has 0 bridgehead atoms. The second-order valence-electron chi connectivity index (χ2n) is 4.49. The lowest BCUT2D eigenvalue weighted by Gasteiger charge is -2.08. The molecule has 3 nitrogen and oxygen atoms in total. The zero-order valence-electron chi connectivity index (χ0n) is 10.7. The number of rotatable bonds is 2. The fraction of sp³-hybridized carbons (Fsp3) is 0. The summed E-state index contributed by atoms with van der Waals surface area (Å²) in [7, 11) is 0. The Morgan fingerprint density at radius 2 is 1.81 bits per heavy atom. The minimum Gasteiger partial charge on any atom is -0.382 e. The van der Waals surface area contributed by atoms with E-state index in [1.807, 2.05) is 30.3 Å². The number of nitrogens with one attached hydrogen (secondary N) is 1. The summed E-state index contributed by atoms with van der Waals surface area (Å²) in [6.45, 7) is 0. The molecule has 0 unspecified atom stereocenters. The molecule has 0 spiro atoms. The van der Waals surface area contributed by atoms with E-state index in [-0.39, 0.29) is 0 Å². The number of nitrogens with zero attached hydrogens (tertiary/aromatic N) is 1. The Morgan fingerprint density at radius 3 is 2.57 bits per heavy atom. The number of hydrogen-bond acceptors (Lipinski definition) is 2. The number of aromatic nitrogens is 2. The van der Waals surface area contributed by atoms with Crippen LogP contribution in [0.3, 0.4) is 0 Å². The summed E-state index contributed by atoms with van der Waals surface area (Å²) >= 11 is 9.33. The van der Waals surface area contributed by atoms with E-state index in [4.69, 9.17) is 5.73 Å². The summed E-state index contributed by atoms with van der Waals surface area (Å²) in [5.74, 6) is 0.499.